The van der Waals surface area contributed by atoms with Crippen molar-refractivity contribution in [3.8, 4) is 0 Å². The van der Waals surface area contributed by atoms with Gasteiger partial charge in [-0.3, -0.25) is 9.59 Å². The molecule has 0 aliphatic heterocycles. The van der Waals surface area contributed by atoms with Crippen molar-refractivity contribution < 1.29 is 14.7 Å². The Morgan fingerprint density at radius 3 is 2.52 bits per heavy atom. The minimum Gasteiger partial charge on any atom is -0.480 e. The molecule has 1 aromatic carbocycles. The van der Waals surface area contributed by atoms with Crippen LogP contribution in [0.15, 0.2) is 18.2 Å². The number of aliphatic carboxylic acids is 1. The SMILES string of the molecule is CC(C)CN[C@@H](CC(=O)Nc1cccc(Cl)c1Cl)C(=O)O. The summed E-state index contributed by atoms with van der Waals surface area (Å²) in [6, 6.07) is 3.91. The number of nitrogens with one attached hydrogen (secondary N) is 2. The van der Waals surface area contributed by atoms with Crippen molar-refractivity contribution in [1.29, 1.82) is 0 Å². The molecule has 1 aromatic rings. The number of benzene rings is 1. The van der Waals surface area contributed by atoms with Gasteiger partial charge in [0.1, 0.15) is 6.04 Å². The van der Waals surface area contributed by atoms with E-state index in [2.05, 4.69) is 10.6 Å². The molecule has 0 aromatic heterocycles. The van der Waals surface area contributed by atoms with E-state index in [1.807, 2.05) is 13.8 Å². The van der Waals surface area contributed by atoms with Gasteiger partial charge in [0, 0.05) is 0 Å². The third-order valence-electron chi connectivity index (χ3n) is 2.69. The number of rotatable bonds is 7. The molecule has 0 bridgehead atoms. The van der Waals surface area contributed by atoms with Crippen molar-refractivity contribution in [1.82, 2.24) is 5.32 Å². The highest BCUT2D eigenvalue weighted by Crippen LogP contribution is 2.29. The molecule has 0 heterocycles. The number of carbonyl (C=O) groups is 2. The lowest BCUT2D eigenvalue weighted by atomic mass is 10.1. The molecule has 0 radical (unpaired) electrons. The first kappa shape index (κ1) is 17.8. The van der Waals surface area contributed by atoms with Crippen molar-refractivity contribution in [2.24, 2.45) is 5.92 Å². The Kier molecular flexibility index (Phi) is 6.95. The van der Waals surface area contributed by atoms with Gasteiger partial charge in [-0.2, -0.15) is 0 Å². The standard InChI is InChI=1S/C14H18Cl2N2O3/c1-8(2)7-17-11(14(20)21)6-12(19)18-10-5-3-4-9(15)13(10)16/h3-5,8,11,17H,6-7H2,1-2H3,(H,18,19)(H,20,21)/t11-/m0/s1. The first-order valence-electron chi connectivity index (χ1n) is 6.51. The summed E-state index contributed by atoms with van der Waals surface area (Å²) in [5.74, 6) is -1.22. The van der Waals surface area contributed by atoms with Crippen LogP contribution in [-0.4, -0.2) is 29.6 Å². The summed E-state index contributed by atoms with van der Waals surface area (Å²) in [5.41, 5.74) is 0.363. The maximum atomic E-state index is 11.9. The average molecular weight is 333 g/mol. The van der Waals surface area contributed by atoms with Crippen LogP contribution in [0, 0.1) is 5.92 Å². The van der Waals surface area contributed by atoms with Gasteiger partial charge in [0.05, 0.1) is 22.2 Å². The number of carbonyl (C=O) groups excluding carboxylic acids is 1. The van der Waals surface area contributed by atoms with Crippen molar-refractivity contribution >= 4 is 40.8 Å². The molecule has 1 amide bonds. The zero-order chi connectivity index (χ0) is 16.0. The van der Waals surface area contributed by atoms with Crippen LogP contribution in [0.1, 0.15) is 20.3 Å². The Labute approximate surface area is 133 Å². The molecule has 0 aliphatic carbocycles. The number of hydrogen-bond acceptors (Lipinski definition) is 3. The molecular weight excluding hydrogens is 315 g/mol. The molecular formula is C14H18Cl2N2O3. The van der Waals surface area contributed by atoms with Crippen LogP contribution in [0.2, 0.25) is 10.0 Å². The van der Waals surface area contributed by atoms with Crippen molar-refractivity contribution in [3.63, 3.8) is 0 Å². The average Bonchev–Trinajstić information content (AvgIpc) is 2.39. The van der Waals surface area contributed by atoms with Crippen LogP contribution in [0.25, 0.3) is 0 Å². The zero-order valence-electron chi connectivity index (χ0n) is 11.8. The second-order valence-corrected chi connectivity index (χ2v) is 5.83. The van der Waals surface area contributed by atoms with Crippen LogP contribution < -0.4 is 10.6 Å². The fourth-order valence-electron chi connectivity index (χ4n) is 1.61. The summed E-state index contributed by atoms with van der Waals surface area (Å²) in [5, 5.41) is 15.1. The third kappa shape index (κ3) is 5.91. The lowest BCUT2D eigenvalue weighted by Gasteiger charge is -2.16. The number of halogens is 2. The molecule has 5 nitrogen and oxygen atoms in total. The summed E-state index contributed by atoms with van der Waals surface area (Å²) < 4.78 is 0. The van der Waals surface area contributed by atoms with Crippen molar-refractivity contribution in [2.75, 3.05) is 11.9 Å². The van der Waals surface area contributed by atoms with Crippen molar-refractivity contribution in [3.05, 3.63) is 28.2 Å². The van der Waals surface area contributed by atoms with Crippen LogP contribution in [0.4, 0.5) is 5.69 Å². The van der Waals surface area contributed by atoms with Gasteiger partial charge in [0.25, 0.3) is 0 Å². The molecule has 0 saturated heterocycles. The first-order chi connectivity index (χ1) is 9.81. The van der Waals surface area contributed by atoms with E-state index in [0.717, 1.165) is 0 Å². The predicted octanol–water partition coefficient (Wildman–Crippen LogP) is 3.02. The Hall–Kier alpha value is -1.30. The first-order valence-corrected chi connectivity index (χ1v) is 7.27. The molecule has 116 valence electrons. The molecule has 0 fully saturated rings. The highest BCUT2D eigenvalue weighted by Gasteiger charge is 2.21. The van der Waals surface area contributed by atoms with Gasteiger partial charge >= 0.3 is 5.97 Å². The Bertz CT molecular complexity index is 521. The predicted molar refractivity (Wildman–Crippen MR) is 84.0 cm³/mol. The van der Waals surface area contributed by atoms with E-state index in [4.69, 9.17) is 28.3 Å². The van der Waals surface area contributed by atoms with Gasteiger partial charge in [-0.15, -0.1) is 0 Å². The number of amides is 1. The fourth-order valence-corrected chi connectivity index (χ4v) is 1.96. The lowest BCUT2D eigenvalue weighted by Crippen LogP contribution is -2.41. The normalized spacial score (nSPS) is 12.2. The van der Waals surface area contributed by atoms with E-state index in [1.54, 1.807) is 18.2 Å². The summed E-state index contributed by atoms with van der Waals surface area (Å²) in [4.78, 5) is 23.1. The highest BCUT2D eigenvalue weighted by molar-refractivity contribution is 6.43. The van der Waals surface area contributed by atoms with E-state index in [9.17, 15) is 9.59 Å². The smallest absolute Gasteiger partial charge is 0.321 e. The van der Waals surface area contributed by atoms with E-state index in [-0.39, 0.29) is 17.4 Å². The van der Waals surface area contributed by atoms with Gasteiger partial charge in [0.15, 0.2) is 0 Å². The molecule has 0 saturated carbocycles. The van der Waals surface area contributed by atoms with E-state index >= 15 is 0 Å². The largest absolute Gasteiger partial charge is 0.480 e. The highest BCUT2D eigenvalue weighted by atomic mass is 35.5. The second-order valence-electron chi connectivity index (χ2n) is 5.05. The maximum absolute atomic E-state index is 11.9. The Morgan fingerprint density at radius 1 is 1.29 bits per heavy atom. The van der Waals surface area contributed by atoms with Gasteiger partial charge < -0.3 is 15.7 Å². The van der Waals surface area contributed by atoms with Gasteiger partial charge in [-0.25, -0.2) is 0 Å². The van der Waals surface area contributed by atoms with Crippen LogP contribution in [0.5, 0.6) is 0 Å². The molecule has 1 atom stereocenters. The zero-order valence-corrected chi connectivity index (χ0v) is 13.3. The Morgan fingerprint density at radius 2 is 1.95 bits per heavy atom. The molecule has 1 rings (SSSR count). The molecule has 0 spiro atoms. The number of hydrogen-bond donors (Lipinski definition) is 3. The summed E-state index contributed by atoms with van der Waals surface area (Å²) >= 11 is 11.8. The summed E-state index contributed by atoms with van der Waals surface area (Å²) in [6.45, 7) is 4.43. The number of carboxylic acid groups (broad SMARTS) is 1. The van der Waals surface area contributed by atoms with E-state index < -0.39 is 17.9 Å². The molecule has 7 heteroatoms. The number of anilines is 1. The van der Waals surface area contributed by atoms with Gasteiger partial charge in [-0.05, 0) is 24.6 Å². The van der Waals surface area contributed by atoms with E-state index in [0.29, 0.717) is 17.3 Å². The maximum Gasteiger partial charge on any atom is 0.321 e. The molecule has 3 N–H and O–H groups in total. The lowest BCUT2D eigenvalue weighted by molar-refractivity contribution is -0.141. The minimum atomic E-state index is -1.07. The third-order valence-corrected chi connectivity index (χ3v) is 3.50. The molecule has 0 unspecified atom stereocenters. The minimum absolute atomic E-state index is 0.190. The van der Waals surface area contributed by atoms with Crippen LogP contribution >= 0.6 is 23.2 Å². The van der Waals surface area contributed by atoms with Crippen LogP contribution in [-0.2, 0) is 9.59 Å². The second kappa shape index (κ2) is 8.22. The Balaban J connectivity index is 2.65. The number of carboxylic acids is 1. The van der Waals surface area contributed by atoms with Crippen LogP contribution in [0.3, 0.4) is 0 Å². The molecule has 21 heavy (non-hydrogen) atoms. The summed E-state index contributed by atoms with van der Waals surface area (Å²) in [6.07, 6.45) is -0.190. The topological polar surface area (TPSA) is 78.4 Å². The monoisotopic (exact) mass is 332 g/mol. The van der Waals surface area contributed by atoms with Crippen molar-refractivity contribution in [2.45, 2.75) is 26.3 Å². The van der Waals surface area contributed by atoms with Gasteiger partial charge in [0.2, 0.25) is 5.91 Å². The quantitative estimate of drug-likeness (QED) is 0.717. The van der Waals surface area contributed by atoms with E-state index in [1.165, 1.54) is 0 Å². The molecule has 0 aliphatic rings. The summed E-state index contributed by atoms with van der Waals surface area (Å²) in [7, 11) is 0. The fraction of sp³-hybridized carbons (Fsp3) is 0.429. The van der Waals surface area contributed by atoms with Gasteiger partial charge in [-0.1, -0.05) is 43.1 Å².